The predicted octanol–water partition coefficient (Wildman–Crippen LogP) is 13.7. The molecule has 3 aliphatic carbocycles. The van der Waals surface area contributed by atoms with Crippen molar-refractivity contribution in [2.75, 3.05) is 4.90 Å². The molecule has 3 aliphatic rings. The molecule has 1 spiro atoms. The Morgan fingerprint density at radius 2 is 1.29 bits per heavy atom. The average molecular weight is 666 g/mol. The van der Waals surface area contributed by atoms with Crippen molar-refractivity contribution in [2.24, 2.45) is 0 Å². The van der Waals surface area contributed by atoms with Gasteiger partial charge < -0.3 is 4.90 Å². The largest absolute Gasteiger partial charge is 0.310 e. The molecule has 248 valence electrons. The molecule has 7 aromatic rings. The molecule has 7 aromatic carbocycles. The Hall–Kier alpha value is -6.18. The molecule has 1 unspecified atom stereocenters. The van der Waals surface area contributed by atoms with Crippen LogP contribution in [0.25, 0.3) is 43.5 Å². The minimum Gasteiger partial charge on any atom is -0.310 e. The average Bonchev–Trinajstić information content (AvgIpc) is 3.67. The van der Waals surface area contributed by atoms with Crippen molar-refractivity contribution in [3.63, 3.8) is 0 Å². The van der Waals surface area contributed by atoms with Crippen LogP contribution in [-0.4, -0.2) is 0 Å². The lowest BCUT2D eigenvalue weighted by Crippen LogP contribution is -2.28. The second kappa shape index (κ2) is 11.7. The summed E-state index contributed by atoms with van der Waals surface area (Å²) >= 11 is 0. The number of rotatable bonds is 6. The molecular formula is C51H39N. The molecule has 0 fully saturated rings. The van der Waals surface area contributed by atoms with E-state index in [-0.39, 0.29) is 0 Å². The summed E-state index contributed by atoms with van der Waals surface area (Å²) in [6.07, 6.45) is 12.0. The molecule has 10 rings (SSSR count). The molecule has 1 heteroatoms. The van der Waals surface area contributed by atoms with Crippen molar-refractivity contribution in [2.45, 2.75) is 31.6 Å². The highest BCUT2D eigenvalue weighted by Gasteiger charge is 2.52. The van der Waals surface area contributed by atoms with Crippen LogP contribution in [0.1, 0.15) is 47.6 Å². The van der Waals surface area contributed by atoms with Crippen LogP contribution in [0.5, 0.6) is 0 Å². The van der Waals surface area contributed by atoms with Crippen molar-refractivity contribution in [3.05, 3.63) is 210 Å². The Morgan fingerprint density at radius 1 is 0.635 bits per heavy atom. The van der Waals surface area contributed by atoms with E-state index in [0.717, 1.165) is 30.6 Å². The Labute approximate surface area is 305 Å². The summed E-state index contributed by atoms with van der Waals surface area (Å²) in [7, 11) is 0. The van der Waals surface area contributed by atoms with Crippen LogP contribution in [-0.2, 0) is 11.8 Å². The van der Waals surface area contributed by atoms with Crippen LogP contribution in [0.15, 0.2) is 182 Å². The summed E-state index contributed by atoms with van der Waals surface area (Å²) in [6, 6.07) is 49.9. The minimum atomic E-state index is -0.459. The van der Waals surface area contributed by atoms with Crippen molar-refractivity contribution in [1.29, 1.82) is 0 Å². The number of hydrogen-bond acceptors (Lipinski definition) is 1. The number of benzene rings is 7. The van der Waals surface area contributed by atoms with E-state index in [9.17, 15) is 0 Å². The standard InChI is InChI=1S/C51H39N/c1-4-33-26-28-34(29-27-33)52(49-25-15-22-44-39-17-8-7-16-37(39)38-18-9-10-21-43(38)50(44)49)35-30-31-42-36(5-2)45(6-3)51(48(42)32-35)46-23-13-11-19-40(46)41-20-12-14-24-47(41)51/h5-11,13-19,21-32H,2-4,12,20H2,1H3. The van der Waals surface area contributed by atoms with Gasteiger partial charge in [-0.25, -0.2) is 0 Å². The Kier molecular flexibility index (Phi) is 6.88. The van der Waals surface area contributed by atoms with Crippen LogP contribution >= 0.6 is 0 Å². The van der Waals surface area contributed by atoms with Crippen LogP contribution in [0.2, 0.25) is 0 Å². The fourth-order valence-electron chi connectivity index (χ4n) is 9.72. The maximum Gasteiger partial charge on any atom is 0.0722 e. The summed E-state index contributed by atoms with van der Waals surface area (Å²) in [5, 5.41) is 7.61. The number of allylic oxidation sites excluding steroid dienone is 8. The molecule has 1 nitrogen and oxygen atoms in total. The molecule has 1 atom stereocenters. The van der Waals surface area contributed by atoms with E-state index in [4.69, 9.17) is 0 Å². The van der Waals surface area contributed by atoms with Crippen LogP contribution in [0, 0.1) is 0 Å². The van der Waals surface area contributed by atoms with Crippen molar-refractivity contribution >= 4 is 60.5 Å². The second-order valence-electron chi connectivity index (χ2n) is 14.2. The predicted molar refractivity (Wildman–Crippen MR) is 223 cm³/mol. The van der Waals surface area contributed by atoms with Gasteiger partial charge in [-0.15, -0.1) is 0 Å². The first-order chi connectivity index (χ1) is 25.7. The van der Waals surface area contributed by atoms with Gasteiger partial charge in [0.1, 0.15) is 0 Å². The first-order valence-electron chi connectivity index (χ1n) is 18.5. The molecule has 0 aliphatic heterocycles. The topological polar surface area (TPSA) is 3.24 Å². The lowest BCUT2D eigenvalue weighted by Gasteiger charge is -2.34. The summed E-state index contributed by atoms with van der Waals surface area (Å²) in [5.74, 6) is 0. The van der Waals surface area contributed by atoms with E-state index < -0.39 is 5.41 Å². The highest BCUT2D eigenvalue weighted by Crippen LogP contribution is 2.63. The third kappa shape index (κ3) is 4.05. The molecule has 0 heterocycles. The normalized spacial score (nSPS) is 17.2. The van der Waals surface area contributed by atoms with Gasteiger partial charge in [-0.3, -0.25) is 0 Å². The fourth-order valence-corrected chi connectivity index (χ4v) is 9.72. The van der Waals surface area contributed by atoms with Gasteiger partial charge in [0.2, 0.25) is 0 Å². The van der Waals surface area contributed by atoms with Crippen LogP contribution < -0.4 is 4.90 Å². The van der Waals surface area contributed by atoms with Gasteiger partial charge in [-0.05, 0) is 127 Å². The SMILES string of the molecule is C=CC1=C(C=C)C2(C3=C(CCC=C3)c3ccccc32)c2cc(N(c3ccc(CC)cc3)c3cccc4c5ccccc5c5ccccc5c34)ccc21. The highest BCUT2D eigenvalue weighted by molar-refractivity contribution is 6.28. The first-order valence-corrected chi connectivity index (χ1v) is 18.5. The van der Waals surface area contributed by atoms with E-state index in [1.807, 2.05) is 6.08 Å². The zero-order chi connectivity index (χ0) is 35.0. The molecule has 0 bridgehead atoms. The lowest BCUT2D eigenvalue weighted by molar-refractivity contribution is 0.774. The minimum absolute atomic E-state index is 0.459. The quantitative estimate of drug-likeness (QED) is 0.160. The van der Waals surface area contributed by atoms with Gasteiger partial charge in [-0.2, -0.15) is 0 Å². The number of anilines is 3. The zero-order valence-electron chi connectivity index (χ0n) is 29.5. The monoisotopic (exact) mass is 665 g/mol. The van der Waals surface area contributed by atoms with Gasteiger partial charge in [-0.1, -0.05) is 148 Å². The number of hydrogen-bond donors (Lipinski definition) is 0. The summed E-state index contributed by atoms with van der Waals surface area (Å²) in [5.41, 5.74) is 14.8. The summed E-state index contributed by atoms with van der Waals surface area (Å²) in [6.45, 7) is 11.0. The zero-order valence-corrected chi connectivity index (χ0v) is 29.5. The molecule has 0 amide bonds. The van der Waals surface area contributed by atoms with Gasteiger partial charge in [0.25, 0.3) is 0 Å². The molecule has 52 heavy (non-hydrogen) atoms. The molecule has 0 saturated heterocycles. The lowest BCUT2D eigenvalue weighted by atomic mass is 9.68. The van der Waals surface area contributed by atoms with Crippen molar-refractivity contribution in [3.8, 4) is 0 Å². The number of aryl methyl sites for hydroxylation is 1. The van der Waals surface area contributed by atoms with E-state index >= 15 is 0 Å². The smallest absolute Gasteiger partial charge is 0.0722 e. The molecule has 0 radical (unpaired) electrons. The molecule has 0 aromatic heterocycles. The Bertz CT molecular complexity index is 2710. The van der Waals surface area contributed by atoms with Gasteiger partial charge in [0.05, 0.1) is 11.1 Å². The second-order valence-corrected chi connectivity index (χ2v) is 14.2. The van der Waals surface area contributed by atoms with Crippen LogP contribution in [0.4, 0.5) is 17.1 Å². The van der Waals surface area contributed by atoms with Crippen molar-refractivity contribution < 1.29 is 0 Å². The van der Waals surface area contributed by atoms with Gasteiger partial charge in [0, 0.05) is 16.8 Å². The third-order valence-corrected chi connectivity index (χ3v) is 11.9. The van der Waals surface area contributed by atoms with E-state index in [0.29, 0.717) is 0 Å². The maximum atomic E-state index is 4.45. The van der Waals surface area contributed by atoms with E-state index in [1.165, 1.54) is 88.1 Å². The van der Waals surface area contributed by atoms with Gasteiger partial charge in [0.15, 0.2) is 0 Å². The van der Waals surface area contributed by atoms with E-state index in [1.54, 1.807) is 0 Å². The van der Waals surface area contributed by atoms with Crippen LogP contribution in [0.3, 0.4) is 0 Å². The van der Waals surface area contributed by atoms with Gasteiger partial charge >= 0.3 is 0 Å². The Morgan fingerprint density at radius 3 is 2.00 bits per heavy atom. The summed E-state index contributed by atoms with van der Waals surface area (Å²) in [4.78, 5) is 2.49. The Balaban J connectivity index is 1.30. The number of nitrogens with zero attached hydrogens (tertiary/aromatic N) is 1. The molecular weight excluding hydrogens is 627 g/mol. The van der Waals surface area contributed by atoms with Crippen molar-refractivity contribution in [1.82, 2.24) is 0 Å². The third-order valence-electron chi connectivity index (χ3n) is 11.9. The summed E-state index contributed by atoms with van der Waals surface area (Å²) < 4.78 is 0. The first kappa shape index (κ1) is 30.6. The maximum absolute atomic E-state index is 4.45. The molecule has 0 N–H and O–H groups in total. The molecule has 0 saturated carbocycles. The van der Waals surface area contributed by atoms with E-state index in [2.05, 4.69) is 177 Å². The number of fused-ring (bicyclic) bond motifs is 12. The fraction of sp³-hybridized carbons (Fsp3) is 0.0980. The highest BCUT2D eigenvalue weighted by atomic mass is 15.1.